The van der Waals surface area contributed by atoms with Crippen molar-refractivity contribution in [1.29, 1.82) is 0 Å². The van der Waals surface area contributed by atoms with Gasteiger partial charge >= 0.3 is 0 Å². The van der Waals surface area contributed by atoms with Crippen LogP contribution in [0.2, 0.25) is 0 Å². The molecular formula is C16H16FNO. The fraction of sp³-hybridized carbons (Fsp3) is 0.188. The average Bonchev–Trinajstić information content (AvgIpc) is 2.38. The van der Waals surface area contributed by atoms with E-state index >= 15 is 0 Å². The van der Waals surface area contributed by atoms with Gasteiger partial charge in [0.05, 0.1) is 0 Å². The Morgan fingerprint density at radius 1 is 1.05 bits per heavy atom. The van der Waals surface area contributed by atoms with Gasteiger partial charge in [-0.15, -0.1) is 0 Å². The Hall–Kier alpha value is -2.16. The SMILES string of the molecule is Cc1ccc(C(=O)Nc2cccc(C)c2C)cc1F. The van der Waals surface area contributed by atoms with Crippen molar-refractivity contribution in [2.24, 2.45) is 0 Å². The number of hydrogen-bond donors (Lipinski definition) is 1. The topological polar surface area (TPSA) is 29.1 Å². The summed E-state index contributed by atoms with van der Waals surface area (Å²) in [7, 11) is 0. The van der Waals surface area contributed by atoms with Gasteiger partial charge in [0.15, 0.2) is 0 Å². The third kappa shape index (κ3) is 2.81. The van der Waals surface area contributed by atoms with Gasteiger partial charge in [-0.25, -0.2) is 4.39 Å². The maximum absolute atomic E-state index is 13.4. The van der Waals surface area contributed by atoms with Crippen LogP contribution >= 0.6 is 0 Å². The molecule has 0 heterocycles. The molecule has 2 nitrogen and oxygen atoms in total. The van der Waals surface area contributed by atoms with E-state index in [0.717, 1.165) is 16.8 Å². The number of carbonyl (C=O) groups is 1. The van der Waals surface area contributed by atoms with Crippen molar-refractivity contribution in [2.75, 3.05) is 5.32 Å². The van der Waals surface area contributed by atoms with Crippen LogP contribution in [0.1, 0.15) is 27.0 Å². The number of halogens is 1. The van der Waals surface area contributed by atoms with Crippen LogP contribution in [0.3, 0.4) is 0 Å². The van der Waals surface area contributed by atoms with Gasteiger partial charge in [0, 0.05) is 11.3 Å². The van der Waals surface area contributed by atoms with Gasteiger partial charge in [-0.2, -0.15) is 0 Å². The first kappa shape index (κ1) is 13.3. The fourth-order valence-corrected chi connectivity index (χ4v) is 1.82. The molecule has 0 fully saturated rings. The van der Waals surface area contributed by atoms with Crippen molar-refractivity contribution in [3.8, 4) is 0 Å². The molecule has 0 aliphatic heterocycles. The van der Waals surface area contributed by atoms with E-state index in [-0.39, 0.29) is 11.7 Å². The van der Waals surface area contributed by atoms with Gasteiger partial charge in [0.25, 0.3) is 5.91 Å². The van der Waals surface area contributed by atoms with Crippen molar-refractivity contribution < 1.29 is 9.18 Å². The number of amides is 1. The van der Waals surface area contributed by atoms with E-state index in [0.29, 0.717) is 11.1 Å². The summed E-state index contributed by atoms with van der Waals surface area (Å²) in [5.41, 5.74) is 3.73. The molecule has 0 radical (unpaired) electrons. The molecule has 0 aliphatic rings. The third-order valence-corrected chi connectivity index (χ3v) is 3.29. The predicted molar refractivity (Wildman–Crippen MR) is 75.0 cm³/mol. The molecule has 0 saturated carbocycles. The molecule has 0 saturated heterocycles. The molecule has 1 N–H and O–H groups in total. The van der Waals surface area contributed by atoms with Crippen molar-refractivity contribution in [2.45, 2.75) is 20.8 Å². The van der Waals surface area contributed by atoms with Gasteiger partial charge < -0.3 is 5.32 Å². The lowest BCUT2D eigenvalue weighted by Gasteiger charge is -2.10. The number of benzene rings is 2. The van der Waals surface area contributed by atoms with Crippen LogP contribution in [0.5, 0.6) is 0 Å². The maximum atomic E-state index is 13.4. The van der Waals surface area contributed by atoms with Crippen LogP contribution in [0.15, 0.2) is 36.4 Å². The lowest BCUT2D eigenvalue weighted by atomic mass is 10.1. The van der Waals surface area contributed by atoms with Crippen molar-refractivity contribution >= 4 is 11.6 Å². The summed E-state index contributed by atoms with van der Waals surface area (Å²) < 4.78 is 13.4. The van der Waals surface area contributed by atoms with Crippen LogP contribution in [0.4, 0.5) is 10.1 Å². The number of rotatable bonds is 2. The molecule has 0 atom stereocenters. The van der Waals surface area contributed by atoms with E-state index in [9.17, 15) is 9.18 Å². The molecule has 1 amide bonds. The Morgan fingerprint density at radius 2 is 1.79 bits per heavy atom. The first-order chi connectivity index (χ1) is 8.99. The number of aryl methyl sites for hydroxylation is 2. The Labute approximate surface area is 112 Å². The molecule has 98 valence electrons. The Bertz CT molecular complexity index is 635. The van der Waals surface area contributed by atoms with Crippen molar-refractivity contribution in [3.63, 3.8) is 0 Å². The quantitative estimate of drug-likeness (QED) is 0.865. The van der Waals surface area contributed by atoms with Crippen LogP contribution in [0.25, 0.3) is 0 Å². The Morgan fingerprint density at radius 3 is 2.47 bits per heavy atom. The van der Waals surface area contributed by atoms with Gasteiger partial charge in [-0.3, -0.25) is 4.79 Å². The molecule has 0 spiro atoms. The summed E-state index contributed by atoms with van der Waals surface area (Å²) in [5.74, 6) is -0.666. The first-order valence-electron chi connectivity index (χ1n) is 6.13. The molecule has 0 aromatic heterocycles. The van der Waals surface area contributed by atoms with Crippen LogP contribution in [-0.2, 0) is 0 Å². The molecule has 0 aliphatic carbocycles. The number of nitrogens with one attached hydrogen (secondary N) is 1. The second-order valence-electron chi connectivity index (χ2n) is 4.67. The fourth-order valence-electron chi connectivity index (χ4n) is 1.82. The van der Waals surface area contributed by atoms with Crippen LogP contribution < -0.4 is 5.32 Å². The molecular weight excluding hydrogens is 241 g/mol. The monoisotopic (exact) mass is 257 g/mol. The van der Waals surface area contributed by atoms with E-state index < -0.39 is 0 Å². The van der Waals surface area contributed by atoms with E-state index in [2.05, 4.69) is 5.32 Å². The lowest BCUT2D eigenvalue weighted by Crippen LogP contribution is -2.13. The molecule has 2 aromatic carbocycles. The highest BCUT2D eigenvalue weighted by Gasteiger charge is 2.10. The number of hydrogen-bond acceptors (Lipinski definition) is 1. The lowest BCUT2D eigenvalue weighted by molar-refractivity contribution is 0.102. The van der Waals surface area contributed by atoms with E-state index in [1.54, 1.807) is 19.1 Å². The zero-order valence-corrected chi connectivity index (χ0v) is 11.3. The van der Waals surface area contributed by atoms with Gasteiger partial charge in [0.2, 0.25) is 0 Å². The molecule has 2 aromatic rings. The normalized spacial score (nSPS) is 10.3. The summed E-state index contributed by atoms with van der Waals surface area (Å²) >= 11 is 0. The van der Waals surface area contributed by atoms with Crippen LogP contribution in [0, 0.1) is 26.6 Å². The van der Waals surface area contributed by atoms with Crippen LogP contribution in [-0.4, -0.2) is 5.91 Å². The van der Waals surface area contributed by atoms with E-state index in [4.69, 9.17) is 0 Å². The first-order valence-corrected chi connectivity index (χ1v) is 6.13. The molecule has 0 bridgehead atoms. The van der Waals surface area contributed by atoms with Gasteiger partial charge in [-0.05, 0) is 55.7 Å². The predicted octanol–water partition coefficient (Wildman–Crippen LogP) is 4.00. The smallest absolute Gasteiger partial charge is 0.255 e. The third-order valence-electron chi connectivity index (χ3n) is 3.29. The highest BCUT2D eigenvalue weighted by atomic mass is 19.1. The van der Waals surface area contributed by atoms with E-state index in [1.807, 2.05) is 32.0 Å². The zero-order chi connectivity index (χ0) is 14.0. The van der Waals surface area contributed by atoms with Gasteiger partial charge in [0.1, 0.15) is 5.82 Å². The summed E-state index contributed by atoms with van der Waals surface area (Å²) in [6.07, 6.45) is 0. The molecule has 0 unspecified atom stereocenters. The summed E-state index contributed by atoms with van der Waals surface area (Å²) in [6.45, 7) is 5.60. The maximum Gasteiger partial charge on any atom is 0.255 e. The van der Waals surface area contributed by atoms with Crippen molar-refractivity contribution in [1.82, 2.24) is 0 Å². The van der Waals surface area contributed by atoms with E-state index in [1.165, 1.54) is 6.07 Å². The standard InChI is InChI=1S/C16H16FNO/c1-10-5-4-6-15(12(10)3)18-16(19)13-8-7-11(2)14(17)9-13/h4-9H,1-3H3,(H,18,19). The summed E-state index contributed by atoms with van der Waals surface area (Å²) in [6, 6.07) is 10.2. The minimum atomic E-state index is -0.367. The Kier molecular flexibility index (Phi) is 3.65. The largest absolute Gasteiger partial charge is 0.322 e. The van der Waals surface area contributed by atoms with Gasteiger partial charge in [-0.1, -0.05) is 18.2 Å². The summed E-state index contributed by atoms with van der Waals surface area (Å²) in [4.78, 5) is 12.1. The van der Waals surface area contributed by atoms with Crippen molar-refractivity contribution in [3.05, 3.63) is 64.5 Å². The molecule has 2 rings (SSSR count). The molecule has 3 heteroatoms. The highest BCUT2D eigenvalue weighted by Crippen LogP contribution is 2.19. The number of anilines is 1. The summed E-state index contributed by atoms with van der Waals surface area (Å²) in [5, 5.41) is 2.81. The highest BCUT2D eigenvalue weighted by molar-refractivity contribution is 6.04. The number of carbonyl (C=O) groups excluding carboxylic acids is 1. The zero-order valence-electron chi connectivity index (χ0n) is 11.3. The minimum absolute atomic E-state index is 0.299. The minimum Gasteiger partial charge on any atom is -0.322 e. The Balaban J connectivity index is 2.26. The second kappa shape index (κ2) is 5.22. The molecule has 19 heavy (non-hydrogen) atoms. The second-order valence-corrected chi connectivity index (χ2v) is 4.67. The average molecular weight is 257 g/mol.